The first-order valence-electron chi connectivity index (χ1n) is 5.06. The fraction of sp³-hybridized carbons (Fsp3) is 0.0909. The second kappa shape index (κ2) is 4.66. The van der Waals surface area contributed by atoms with E-state index < -0.39 is 10.9 Å². The molecule has 7 heteroatoms. The molecule has 1 heterocycles. The van der Waals surface area contributed by atoms with Crippen LogP contribution in [-0.4, -0.2) is 25.8 Å². The van der Waals surface area contributed by atoms with Crippen molar-refractivity contribution in [2.24, 2.45) is 0 Å². The third-order valence-electron chi connectivity index (χ3n) is 2.34. The highest BCUT2D eigenvalue weighted by atomic mass is 16.6. The highest BCUT2D eigenvalue weighted by molar-refractivity contribution is 5.72. The molecule has 0 aliphatic heterocycles. The van der Waals surface area contributed by atoms with Gasteiger partial charge in [0.15, 0.2) is 0 Å². The maximum absolute atomic E-state index is 10.9. The number of hydrogen-bond acceptors (Lipinski definition) is 4. The summed E-state index contributed by atoms with van der Waals surface area (Å²) in [6, 6.07) is 6.24. The summed E-state index contributed by atoms with van der Waals surface area (Å²) in [6.45, 7) is -0.277. The van der Waals surface area contributed by atoms with Gasteiger partial charge in [-0.2, -0.15) is 5.10 Å². The lowest BCUT2D eigenvalue weighted by Crippen LogP contribution is -2.08. The minimum Gasteiger partial charge on any atom is -0.480 e. The summed E-state index contributed by atoms with van der Waals surface area (Å²) >= 11 is 0. The summed E-state index contributed by atoms with van der Waals surface area (Å²) in [5, 5.41) is 23.3. The average molecular weight is 247 g/mol. The lowest BCUT2D eigenvalue weighted by atomic mass is 10.1. The van der Waals surface area contributed by atoms with Crippen molar-refractivity contribution in [2.45, 2.75) is 6.54 Å². The van der Waals surface area contributed by atoms with Gasteiger partial charge in [0, 0.05) is 17.8 Å². The van der Waals surface area contributed by atoms with Crippen LogP contribution in [0.25, 0.3) is 11.1 Å². The van der Waals surface area contributed by atoms with Gasteiger partial charge in [-0.05, 0) is 6.07 Å². The molecule has 0 amide bonds. The van der Waals surface area contributed by atoms with Crippen molar-refractivity contribution in [1.29, 1.82) is 0 Å². The van der Waals surface area contributed by atoms with Crippen LogP contribution in [0.1, 0.15) is 0 Å². The number of aromatic nitrogens is 2. The molecule has 0 radical (unpaired) electrons. The molecule has 1 aromatic carbocycles. The van der Waals surface area contributed by atoms with Crippen LogP contribution in [0.4, 0.5) is 5.69 Å². The summed E-state index contributed by atoms with van der Waals surface area (Å²) in [6.07, 6.45) is 2.88. The number of nitrogens with zero attached hydrogens (tertiary/aromatic N) is 3. The number of para-hydroxylation sites is 1. The fourth-order valence-corrected chi connectivity index (χ4v) is 1.60. The summed E-state index contributed by atoms with van der Waals surface area (Å²) in [4.78, 5) is 20.9. The van der Waals surface area contributed by atoms with E-state index >= 15 is 0 Å². The highest BCUT2D eigenvalue weighted by Crippen LogP contribution is 2.28. The first-order valence-corrected chi connectivity index (χ1v) is 5.06. The number of hydrogen-bond donors (Lipinski definition) is 1. The zero-order valence-electron chi connectivity index (χ0n) is 9.18. The molecule has 92 valence electrons. The largest absolute Gasteiger partial charge is 0.480 e. The van der Waals surface area contributed by atoms with Crippen molar-refractivity contribution in [3.63, 3.8) is 0 Å². The maximum atomic E-state index is 10.9. The predicted molar refractivity (Wildman–Crippen MR) is 62.0 cm³/mol. The Balaban J connectivity index is 2.40. The SMILES string of the molecule is O=C(O)Cn1cc(-c2ccccc2[N+](=O)[O-])cn1. The molecule has 2 rings (SSSR count). The highest BCUT2D eigenvalue weighted by Gasteiger charge is 2.15. The number of benzene rings is 1. The molecule has 0 saturated carbocycles. The number of rotatable bonds is 4. The Morgan fingerprint density at radius 1 is 1.44 bits per heavy atom. The molecule has 1 N–H and O–H groups in total. The van der Waals surface area contributed by atoms with Crippen molar-refractivity contribution >= 4 is 11.7 Å². The van der Waals surface area contributed by atoms with Crippen LogP contribution in [-0.2, 0) is 11.3 Å². The van der Waals surface area contributed by atoms with Gasteiger partial charge >= 0.3 is 5.97 Å². The normalized spacial score (nSPS) is 10.2. The van der Waals surface area contributed by atoms with E-state index in [2.05, 4.69) is 5.10 Å². The molecule has 0 atom stereocenters. The number of carbonyl (C=O) groups is 1. The molecular formula is C11H9N3O4. The monoisotopic (exact) mass is 247 g/mol. The van der Waals surface area contributed by atoms with Crippen LogP contribution in [0.2, 0.25) is 0 Å². The van der Waals surface area contributed by atoms with E-state index in [0.29, 0.717) is 11.1 Å². The number of aliphatic carboxylic acids is 1. The Labute approximate surface area is 101 Å². The third kappa shape index (κ3) is 2.34. The predicted octanol–water partition coefficient (Wildman–Crippen LogP) is 1.54. The van der Waals surface area contributed by atoms with E-state index in [4.69, 9.17) is 5.11 Å². The molecule has 0 spiro atoms. The lowest BCUT2D eigenvalue weighted by molar-refractivity contribution is -0.384. The van der Waals surface area contributed by atoms with Gasteiger partial charge in [-0.25, -0.2) is 0 Å². The zero-order valence-corrected chi connectivity index (χ0v) is 9.18. The van der Waals surface area contributed by atoms with E-state index in [1.807, 2.05) is 0 Å². The molecule has 0 aliphatic rings. The summed E-state index contributed by atoms with van der Waals surface area (Å²) < 4.78 is 1.22. The Kier molecular flexibility index (Phi) is 3.05. The van der Waals surface area contributed by atoms with E-state index in [1.165, 1.54) is 23.1 Å². The van der Waals surface area contributed by atoms with Crippen molar-refractivity contribution in [1.82, 2.24) is 9.78 Å². The van der Waals surface area contributed by atoms with E-state index in [0.717, 1.165) is 0 Å². The van der Waals surface area contributed by atoms with Gasteiger partial charge in [0.05, 0.1) is 16.7 Å². The lowest BCUT2D eigenvalue weighted by Gasteiger charge is -1.98. The minimum atomic E-state index is -1.02. The Morgan fingerprint density at radius 2 is 2.17 bits per heavy atom. The van der Waals surface area contributed by atoms with E-state index in [-0.39, 0.29) is 12.2 Å². The Morgan fingerprint density at radius 3 is 2.83 bits per heavy atom. The molecule has 18 heavy (non-hydrogen) atoms. The second-order valence-electron chi connectivity index (χ2n) is 3.59. The molecular weight excluding hydrogens is 238 g/mol. The van der Waals surface area contributed by atoms with Crippen molar-refractivity contribution in [2.75, 3.05) is 0 Å². The maximum Gasteiger partial charge on any atom is 0.325 e. The second-order valence-corrected chi connectivity index (χ2v) is 3.59. The van der Waals surface area contributed by atoms with Gasteiger partial charge in [0.25, 0.3) is 5.69 Å². The van der Waals surface area contributed by atoms with Crippen LogP contribution in [0, 0.1) is 10.1 Å². The van der Waals surface area contributed by atoms with Gasteiger partial charge in [-0.1, -0.05) is 12.1 Å². The van der Waals surface area contributed by atoms with Crippen molar-refractivity contribution < 1.29 is 14.8 Å². The molecule has 0 saturated heterocycles. The number of nitro groups is 1. The van der Waals surface area contributed by atoms with Gasteiger partial charge in [-0.3, -0.25) is 19.6 Å². The topological polar surface area (TPSA) is 98.3 Å². The molecule has 0 aliphatic carbocycles. The summed E-state index contributed by atoms with van der Waals surface area (Å²) in [7, 11) is 0. The number of carboxylic acids is 1. The summed E-state index contributed by atoms with van der Waals surface area (Å²) in [5.74, 6) is -1.02. The molecule has 0 unspecified atom stereocenters. The average Bonchev–Trinajstić information content (AvgIpc) is 2.76. The molecule has 0 fully saturated rings. The van der Waals surface area contributed by atoms with E-state index in [1.54, 1.807) is 18.2 Å². The van der Waals surface area contributed by atoms with Gasteiger partial charge < -0.3 is 5.11 Å². The van der Waals surface area contributed by atoms with Gasteiger partial charge in [0.1, 0.15) is 6.54 Å². The molecule has 2 aromatic rings. The fourth-order valence-electron chi connectivity index (χ4n) is 1.60. The molecule has 7 nitrogen and oxygen atoms in total. The zero-order chi connectivity index (χ0) is 13.1. The summed E-state index contributed by atoms with van der Waals surface area (Å²) in [5.41, 5.74) is 0.898. The van der Waals surface area contributed by atoms with Crippen molar-refractivity contribution in [3.8, 4) is 11.1 Å². The number of nitro benzene ring substituents is 1. The first kappa shape index (κ1) is 11.8. The third-order valence-corrected chi connectivity index (χ3v) is 2.34. The smallest absolute Gasteiger partial charge is 0.325 e. The minimum absolute atomic E-state index is 0.0348. The van der Waals surface area contributed by atoms with Gasteiger partial charge in [0.2, 0.25) is 0 Å². The quantitative estimate of drug-likeness (QED) is 0.652. The van der Waals surface area contributed by atoms with Gasteiger partial charge in [-0.15, -0.1) is 0 Å². The Hall–Kier alpha value is -2.70. The standard InChI is InChI=1S/C11H9N3O4/c15-11(16)7-13-6-8(5-12-13)9-3-1-2-4-10(9)14(17)18/h1-6H,7H2,(H,15,16). The number of carboxylic acid groups (broad SMARTS) is 1. The van der Waals surface area contributed by atoms with E-state index in [9.17, 15) is 14.9 Å². The van der Waals surface area contributed by atoms with Crippen LogP contribution in [0.3, 0.4) is 0 Å². The molecule has 1 aromatic heterocycles. The Bertz CT molecular complexity index is 606. The van der Waals surface area contributed by atoms with Crippen LogP contribution in [0.15, 0.2) is 36.7 Å². The molecule has 0 bridgehead atoms. The van der Waals surface area contributed by atoms with Crippen LogP contribution >= 0.6 is 0 Å². The van der Waals surface area contributed by atoms with Crippen LogP contribution in [0.5, 0.6) is 0 Å². The van der Waals surface area contributed by atoms with Crippen molar-refractivity contribution in [3.05, 3.63) is 46.8 Å². The first-order chi connectivity index (χ1) is 8.58. The van der Waals surface area contributed by atoms with Crippen LogP contribution < -0.4 is 0 Å².